The molecule has 0 fully saturated rings. The van der Waals surface area contributed by atoms with E-state index in [9.17, 15) is 0 Å². The normalized spacial score (nSPS) is 12.4. The first-order valence-corrected chi connectivity index (χ1v) is 8.14. The van der Waals surface area contributed by atoms with Crippen LogP contribution in [0, 0.1) is 3.57 Å². The van der Waals surface area contributed by atoms with Crippen LogP contribution in [0.3, 0.4) is 0 Å². The molecule has 19 heavy (non-hydrogen) atoms. The number of halogens is 2. The van der Waals surface area contributed by atoms with Gasteiger partial charge in [0.2, 0.25) is 0 Å². The van der Waals surface area contributed by atoms with E-state index >= 15 is 0 Å². The van der Waals surface area contributed by atoms with Gasteiger partial charge in [-0.3, -0.25) is 4.98 Å². The summed E-state index contributed by atoms with van der Waals surface area (Å²) >= 11 is 5.83. The van der Waals surface area contributed by atoms with Gasteiger partial charge in [0.1, 0.15) is 0 Å². The maximum absolute atomic E-state index is 4.23. The van der Waals surface area contributed by atoms with Crippen molar-refractivity contribution < 1.29 is 0 Å². The maximum atomic E-state index is 4.23. The van der Waals surface area contributed by atoms with Crippen LogP contribution < -0.4 is 5.32 Å². The third kappa shape index (κ3) is 4.54. The molecular weight excluding hydrogens is 415 g/mol. The maximum Gasteiger partial charge on any atom is 0.0410 e. The van der Waals surface area contributed by atoms with E-state index in [2.05, 4.69) is 86.1 Å². The molecule has 1 N–H and O–H groups in total. The highest BCUT2D eigenvalue weighted by atomic mass is 127. The second kappa shape index (κ2) is 7.36. The van der Waals surface area contributed by atoms with Crippen molar-refractivity contribution in [2.75, 3.05) is 6.54 Å². The summed E-state index contributed by atoms with van der Waals surface area (Å²) in [5.41, 5.74) is 2.56. The molecule has 1 aromatic heterocycles. The second-order valence-corrected chi connectivity index (χ2v) is 6.54. The van der Waals surface area contributed by atoms with Gasteiger partial charge in [0.15, 0.2) is 0 Å². The Morgan fingerprint density at radius 1 is 1.32 bits per heavy atom. The quantitative estimate of drug-likeness (QED) is 0.713. The summed E-state index contributed by atoms with van der Waals surface area (Å²) in [6, 6.07) is 11.1. The van der Waals surface area contributed by atoms with E-state index in [1.54, 1.807) is 0 Å². The second-order valence-electron chi connectivity index (χ2n) is 4.38. The minimum absolute atomic E-state index is 0.329. The van der Waals surface area contributed by atoms with Crippen LogP contribution in [0.15, 0.2) is 47.2 Å². The molecule has 0 saturated carbocycles. The van der Waals surface area contributed by atoms with Gasteiger partial charge in [0.25, 0.3) is 0 Å². The van der Waals surface area contributed by atoms with Crippen molar-refractivity contribution >= 4 is 38.5 Å². The Balaban J connectivity index is 2.21. The first kappa shape index (κ1) is 14.9. The van der Waals surface area contributed by atoms with Crippen LogP contribution in [0.25, 0.3) is 0 Å². The van der Waals surface area contributed by atoms with E-state index in [4.69, 9.17) is 0 Å². The Labute approximate surface area is 136 Å². The largest absolute Gasteiger partial charge is 0.310 e. The molecule has 2 rings (SSSR count). The van der Waals surface area contributed by atoms with Crippen molar-refractivity contribution in [3.05, 3.63) is 61.9 Å². The van der Waals surface area contributed by atoms with Crippen molar-refractivity contribution in [1.29, 1.82) is 0 Å². The summed E-state index contributed by atoms with van der Waals surface area (Å²) in [4.78, 5) is 4.23. The highest BCUT2D eigenvalue weighted by Gasteiger charge is 2.11. The molecule has 100 valence electrons. The molecule has 0 saturated heterocycles. The van der Waals surface area contributed by atoms with Gasteiger partial charge < -0.3 is 5.32 Å². The van der Waals surface area contributed by atoms with E-state index in [0.717, 1.165) is 17.4 Å². The Hall–Kier alpha value is -0.460. The number of nitrogens with one attached hydrogen (secondary N) is 1. The highest BCUT2D eigenvalue weighted by molar-refractivity contribution is 14.1. The smallest absolute Gasteiger partial charge is 0.0410 e. The molecule has 1 heterocycles. The first-order valence-electron chi connectivity index (χ1n) is 6.27. The van der Waals surface area contributed by atoms with E-state index in [1.807, 2.05) is 12.4 Å². The van der Waals surface area contributed by atoms with Gasteiger partial charge in [0, 0.05) is 26.5 Å². The fourth-order valence-corrected chi connectivity index (χ4v) is 3.06. The summed E-state index contributed by atoms with van der Waals surface area (Å²) < 4.78 is 2.30. The van der Waals surface area contributed by atoms with E-state index < -0.39 is 0 Å². The first-order chi connectivity index (χ1) is 9.19. The van der Waals surface area contributed by atoms with Crippen LogP contribution in [0.4, 0.5) is 0 Å². The molecule has 1 aromatic carbocycles. The molecule has 0 aliphatic rings. The predicted octanol–water partition coefficient (Wildman–Crippen LogP) is 4.34. The third-order valence-electron chi connectivity index (χ3n) is 2.90. The average Bonchev–Trinajstić information content (AvgIpc) is 2.38. The van der Waals surface area contributed by atoms with Crippen LogP contribution >= 0.6 is 38.5 Å². The molecule has 1 atom stereocenters. The van der Waals surface area contributed by atoms with E-state index in [1.165, 1.54) is 14.7 Å². The lowest BCUT2D eigenvalue weighted by Gasteiger charge is -2.18. The SMILES string of the molecule is CCNC(Cc1cncc(Br)c1)c1cccc(I)c1. The molecule has 0 aliphatic heterocycles. The molecule has 4 heteroatoms. The lowest BCUT2D eigenvalue weighted by Crippen LogP contribution is -2.23. The van der Waals surface area contributed by atoms with Crippen molar-refractivity contribution in [3.8, 4) is 0 Å². The summed E-state index contributed by atoms with van der Waals surface area (Å²) in [6.07, 6.45) is 4.70. The van der Waals surface area contributed by atoms with Crippen LogP contribution in [0.1, 0.15) is 24.1 Å². The summed E-state index contributed by atoms with van der Waals surface area (Å²) in [6.45, 7) is 3.09. The van der Waals surface area contributed by atoms with Crippen LogP contribution in [-0.2, 0) is 6.42 Å². The molecule has 0 aliphatic carbocycles. The van der Waals surface area contributed by atoms with Crippen molar-refractivity contribution in [1.82, 2.24) is 10.3 Å². The van der Waals surface area contributed by atoms with Gasteiger partial charge in [-0.15, -0.1) is 0 Å². The van der Waals surface area contributed by atoms with Gasteiger partial charge in [-0.25, -0.2) is 0 Å². The minimum Gasteiger partial charge on any atom is -0.310 e. The van der Waals surface area contributed by atoms with Crippen LogP contribution in [0.5, 0.6) is 0 Å². The molecule has 0 bridgehead atoms. The van der Waals surface area contributed by atoms with Crippen molar-refractivity contribution in [2.24, 2.45) is 0 Å². The van der Waals surface area contributed by atoms with Gasteiger partial charge in [-0.05, 0) is 80.8 Å². The number of hydrogen-bond acceptors (Lipinski definition) is 2. The molecule has 0 radical (unpaired) electrons. The average molecular weight is 431 g/mol. The number of aromatic nitrogens is 1. The molecular formula is C15H16BrIN2. The number of nitrogens with zero attached hydrogens (tertiary/aromatic N) is 1. The zero-order valence-electron chi connectivity index (χ0n) is 10.7. The summed E-state index contributed by atoms with van der Waals surface area (Å²) in [7, 11) is 0. The summed E-state index contributed by atoms with van der Waals surface area (Å²) in [5, 5.41) is 3.55. The standard InChI is InChI=1S/C15H16BrIN2/c1-2-19-15(12-4-3-5-14(17)8-12)7-11-6-13(16)10-18-9-11/h3-6,8-10,15,19H,2,7H2,1H3. The molecule has 0 amide bonds. The Kier molecular flexibility index (Phi) is 5.78. The van der Waals surface area contributed by atoms with Gasteiger partial charge in [-0.1, -0.05) is 19.1 Å². The number of rotatable bonds is 5. The topological polar surface area (TPSA) is 24.9 Å². The van der Waals surface area contributed by atoms with Crippen LogP contribution in [0.2, 0.25) is 0 Å². The third-order valence-corrected chi connectivity index (χ3v) is 4.01. The van der Waals surface area contributed by atoms with Gasteiger partial charge in [0.05, 0.1) is 0 Å². The lowest BCUT2D eigenvalue weighted by molar-refractivity contribution is 0.549. The van der Waals surface area contributed by atoms with Crippen molar-refractivity contribution in [2.45, 2.75) is 19.4 Å². The van der Waals surface area contributed by atoms with E-state index in [-0.39, 0.29) is 0 Å². The molecule has 1 unspecified atom stereocenters. The lowest BCUT2D eigenvalue weighted by atomic mass is 10.00. The number of likely N-dealkylation sites (N-methyl/N-ethyl adjacent to an activating group) is 1. The predicted molar refractivity (Wildman–Crippen MR) is 91.2 cm³/mol. The Morgan fingerprint density at radius 3 is 2.84 bits per heavy atom. The van der Waals surface area contributed by atoms with Crippen LogP contribution in [-0.4, -0.2) is 11.5 Å². The van der Waals surface area contributed by atoms with Gasteiger partial charge in [-0.2, -0.15) is 0 Å². The number of pyridine rings is 1. The van der Waals surface area contributed by atoms with E-state index in [0.29, 0.717) is 6.04 Å². The molecule has 0 spiro atoms. The number of benzene rings is 1. The Bertz CT molecular complexity index is 545. The fraction of sp³-hybridized carbons (Fsp3) is 0.267. The number of hydrogen-bond donors (Lipinski definition) is 1. The zero-order valence-corrected chi connectivity index (χ0v) is 14.5. The highest BCUT2D eigenvalue weighted by Crippen LogP contribution is 2.21. The fourth-order valence-electron chi connectivity index (χ4n) is 2.08. The molecule has 2 nitrogen and oxygen atoms in total. The van der Waals surface area contributed by atoms with Gasteiger partial charge >= 0.3 is 0 Å². The minimum atomic E-state index is 0.329. The Morgan fingerprint density at radius 2 is 2.16 bits per heavy atom. The summed E-state index contributed by atoms with van der Waals surface area (Å²) in [5.74, 6) is 0. The molecule has 2 aromatic rings. The van der Waals surface area contributed by atoms with Crippen molar-refractivity contribution in [3.63, 3.8) is 0 Å². The monoisotopic (exact) mass is 430 g/mol. The zero-order chi connectivity index (χ0) is 13.7.